The lowest BCUT2D eigenvalue weighted by Crippen LogP contribution is -2.14. The van der Waals surface area contributed by atoms with Gasteiger partial charge in [0.05, 0.1) is 25.5 Å². The van der Waals surface area contributed by atoms with Gasteiger partial charge in [-0.3, -0.25) is 9.48 Å². The van der Waals surface area contributed by atoms with Gasteiger partial charge in [-0.1, -0.05) is 17.3 Å². The van der Waals surface area contributed by atoms with E-state index in [0.29, 0.717) is 18.8 Å². The molecular weight excluding hydrogens is 308 g/mol. The molecule has 24 heavy (non-hydrogen) atoms. The lowest BCUT2D eigenvalue weighted by atomic mass is 10.1. The fraction of sp³-hybridized carbons (Fsp3) is 0.235. The lowest BCUT2D eigenvalue weighted by molar-refractivity contribution is 0.415. The third-order valence-corrected chi connectivity index (χ3v) is 3.89. The highest BCUT2D eigenvalue weighted by molar-refractivity contribution is 5.59. The van der Waals surface area contributed by atoms with E-state index in [1.165, 1.54) is 6.07 Å². The molecule has 124 valence electrons. The highest BCUT2D eigenvalue weighted by atomic mass is 16.5. The van der Waals surface area contributed by atoms with E-state index in [-0.39, 0.29) is 11.2 Å². The minimum Gasteiger partial charge on any atom is -0.503 e. The van der Waals surface area contributed by atoms with Crippen LogP contribution in [0, 0.1) is 6.92 Å². The second-order valence-corrected chi connectivity index (χ2v) is 5.41. The topological polar surface area (TPSA) is 82.2 Å². The van der Waals surface area contributed by atoms with Gasteiger partial charge in [-0.25, -0.2) is 0 Å². The highest BCUT2D eigenvalue weighted by Gasteiger charge is 2.07. The minimum absolute atomic E-state index is 0.215. The van der Waals surface area contributed by atoms with Crippen LogP contribution in [0.25, 0.3) is 11.3 Å². The SMILES string of the molecule is COc1cccc(-c2cn(CCn3ccc(=O)c(O)c3C)nn2)c1. The molecule has 0 spiro atoms. The quantitative estimate of drug-likeness (QED) is 0.773. The molecule has 2 aromatic heterocycles. The summed E-state index contributed by atoms with van der Waals surface area (Å²) in [5, 5.41) is 18.0. The van der Waals surface area contributed by atoms with Crippen molar-refractivity contribution in [3.8, 4) is 22.8 Å². The molecule has 7 nitrogen and oxygen atoms in total. The Morgan fingerprint density at radius 3 is 2.88 bits per heavy atom. The first-order valence-electron chi connectivity index (χ1n) is 7.52. The Morgan fingerprint density at radius 2 is 2.08 bits per heavy atom. The molecule has 0 aliphatic heterocycles. The van der Waals surface area contributed by atoms with E-state index in [0.717, 1.165) is 17.0 Å². The fourth-order valence-corrected chi connectivity index (χ4v) is 2.44. The third kappa shape index (κ3) is 3.15. The highest BCUT2D eigenvalue weighted by Crippen LogP contribution is 2.21. The molecule has 0 radical (unpaired) electrons. The monoisotopic (exact) mass is 326 g/mol. The first kappa shape index (κ1) is 15.8. The van der Waals surface area contributed by atoms with Crippen molar-refractivity contribution in [3.63, 3.8) is 0 Å². The van der Waals surface area contributed by atoms with Gasteiger partial charge >= 0.3 is 0 Å². The van der Waals surface area contributed by atoms with Gasteiger partial charge in [-0.15, -0.1) is 5.10 Å². The standard InChI is InChI=1S/C17H18N4O3/c1-12-17(23)16(22)6-7-20(12)8-9-21-11-15(18-19-21)13-4-3-5-14(10-13)24-2/h3-7,10-11,23H,8-9H2,1-2H3. The Kier molecular flexibility index (Phi) is 4.33. The number of methoxy groups -OCH3 is 1. The molecule has 0 amide bonds. The van der Waals surface area contributed by atoms with Crippen LogP contribution in [0.15, 0.2) is 47.5 Å². The van der Waals surface area contributed by atoms with E-state index in [4.69, 9.17) is 4.74 Å². The summed E-state index contributed by atoms with van der Waals surface area (Å²) in [5.74, 6) is 0.551. The van der Waals surface area contributed by atoms with Crippen molar-refractivity contribution in [1.82, 2.24) is 19.6 Å². The number of aromatic nitrogens is 4. The number of aryl methyl sites for hydroxylation is 2. The number of ether oxygens (including phenoxy) is 1. The normalized spacial score (nSPS) is 10.8. The zero-order chi connectivity index (χ0) is 17.1. The van der Waals surface area contributed by atoms with Gasteiger partial charge in [-0.2, -0.15) is 0 Å². The molecule has 1 N–H and O–H groups in total. The van der Waals surface area contributed by atoms with Crippen molar-refractivity contribution in [3.05, 3.63) is 58.6 Å². The van der Waals surface area contributed by atoms with Crippen molar-refractivity contribution >= 4 is 0 Å². The molecule has 0 aliphatic rings. The first-order chi connectivity index (χ1) is 11.6. The number of hydrogen-bond acceptors (Lipinski definition) is 5. The Hall–Kier alpha value is -3.09. The van der Waals surface area contributed by atoms with Gasteiger partial charge in [0.25, 0.3) is 0 Å². The van der Waals surface area contributed by atoms with Crippen LogP contribution in [-0.2, 0) is 13.1 Å². The molecule has 0 bridgehead atoms. The average molecular weight is 326 g/mol. The van der Waals surface area contributed by atoms with Gasteiger partial charge in [-0.05, 0) is 19.1 Å². The van der Waals surface area contributed by atoms with E-state index >= 15 is 0 Å². The van der Waals surface area contributed by atoms with Crippen LogP contribution in [0.5, 0.6) is 11.5 Å². The summed E-state index contributed by atoms with van der Waals surface area (Å²) >= 11 is 0. The molecule has 1 aromatic carbocycles. The van der Waals surface area contributed by atoms with Crippen LogP contribution >= 0.6 is 0 Å². The maximum absolute atomic E-state index is 11.4. The summed E-state index contributed by atoms with van der Waals surface area (Å²) in [6.45, 7) is 2.85. The van der Waals surface area contributed by atoms with Crippen LogP contribution in [0.1, 0.15) is 5.69 Å². The molecule has 3 aromatic rings. The molecule has 0 atom stereocenters. The summed E-state index contributed by atoms with van der Waals surface area (Å²) in [5.41, 5.74) is 1.85. The molecule has 0 saturated carbocycles. The molecule has 0 saturated heterocycles. The molecule has 2 heterocycles. The van der Waals surface area contributed by atoms with Gasteiger partial charge in [0.15, 0.2) is 5.75 Å². The summed E-state index contributed by atoms with van der Waals surface area (Å²) in [4.78, 5) is 11.4. The van der Waals surface area contributed by atoms with Crippen LogP contribution < -0.4 is 10.2 Å². The summed E-state index contributed by atoms with van der Waals surface area (Å²) in [6, 6.07) is 8.98. The molecular formula is C17H18N4O3. The largest absolute Gasteiger partial charge is 0.503 e. The van der Waals surface area contributed by atoms with Crippen LogP contribution in [0.4, 0.5) is 0 Å². The second-order valence-electron chi connectivity index (χ2n) is 5.41. The van der Waals surface area contributed by atoms with E-state index in [2.05, 4.69) is 10.3 Å². The molecule has 0 unspecified atom stereocenters. The predicted octanol–water partition coefficient (Wildman–Crippen LogP) is 1.83. The minimum atomic E-state index is -0.371. The van der Waals surface area contributed by atoms with Gasteiger partial charge < -0.3 is 14.4 Å². The van der Waals surface area contributed by atoms with E-state index in [9.17, 15) is 9.90 Å². The molecule has 0 aliphatic carbocycles. The van der Waals surface area contributed by atoms with Crippen molar-refractivity contribution in [2.75, 3.05) is 7.11 Å². The Labute approximate surface area is 138 Å². The molecule has 3 rings (SSSR count). The van der Waals surface area contributed by atoms with Crippen molar-refractivity contribution < 1.29 is 9.84 Å². The van der Waals surface area contributed by atoms with Crippen molar-refractivity contribution in [1.29, 1.82) is 0 Å². The number of rotatable bonds is 5. The predicted molar refractivity (Wildman–Crippen MR) is 89.1 cm³/mol. The summed E-state index contributed by atoms with van der Waals surface area (Å²) < 4.78 is 8.75. The van der Waals surface area contributed by atoms with Gasteiger partial charge in [0.1, 0.15) is 11.4 Å². The smallest absolute Gasteiger partial charge is 0.223 e. The number of aromatic hydroxyl groups is 1. The van der Waals surface area contributed by atoms with E-state index in [1.54, 1.807) is 24.9 Å². The molecule has 0 fully saturated rings. The van der Waals surface area contributed by atoms with Crippen LogP contribution in [0.2, 0.25) is 0 Å². The van der Waals surface area contributed by atoms with Gasteiger partial charge in [0, 0.05) is 24.4 Å². The lowest BCUT2D eigenvalue weighted by Gasteiger charge is -2.10. The van der Waals surface area contributed by atoms with Gasteiger partial charge in [0.2, 0.25) is 5.43 Å². The zero-order valence-electron chi connectivity index (χ0n) is 13.5. The number of pyridine rings is 1. The molecule has 7 heteroatoms. The Bertz CT molecular complexity index is 914. The number of benzene rings is 1. The average Bonchev–Trinajstić information content (AvgIpc) is 3.08. The Morgan fingerprint density at radius 1 is 1.25 bits per heavy atom. The fourth-order valence-electron chi connectivity index (χ4n) is 2.44. The van der Waals surface area contributed by atoms with Crippen molar-refractivity contribution in [2.24, 2.45) is 0 Å². The van der Waals surface area contributed by atoms with E-state index < -0.39 is 0 Å². The second kappa shape index (κ2) is 6.57. The number of hydrogen-bond donors (Lipinski definition) is 1. The Balaban J connectivity index is 1.75. The number of nitrogens with zero attached hydrogens (tertiary/aromatic N) is 4. The maximum atomic E-state index is 11.4. The summed E-state index contributed by atoms with van der Waals surface area (Å²) in [6.07, 6.45) is 3.52. The maximum Gasteiger partial charge on any atom is 0.223 e. The zero-order valence-corrected chi connectivity index (χ0v) is 13.5. The van der Waals surface area contributed by atoms with Crippen LogP contribution in [0.3, 0.4) is 0 Å². The third-order valence-electron chi connectivity index (χ3n) is 3.89. The summed E-state index contributed by atoms with van der Waals surface area (Å²) in [7, 11) is 1.62. The van der Waals surface area contributed by atoms with E-state index in [1.807, 2.05) is 35.0 Å². The van der Waals surface area contributed by atoms with Crippen LogP contribution in [-0.4, -0.2) is 31.8 Å². The first-order valence-corrected chi connectivity index (χ1v) is 7.52. The van der Waals surface area contributed by atoms with Crippen molar-refractivity contribution in [2.45, 2.75) is 20.0 Å².